The van der Waals surface area contributed by atoms with Gasteiger partial charge in [0.2, 0.25) is 0 Å². The lowest BCUT2D eigenvalue weighted by Crippen LogP contribution is -1.98. The van der Waals surface area contributed by atoms with Crippen LogP contribution in [0.15, 0.2) is 109 Å². The van der Waals surface area contributed by atoms with Crippen LogP contribution < -0.4 is 0 Å². The molecular weight excluding hydrogens is 440 g/mol. The summed E-state index contributed by atoms with van der Waals surface area (Å²) in [6.45, 7) is 0. The van der Waals surface area contributed by atoms with E-state index in [1.807, 2.05) is 36.4 Å². The molecule has 0 bridgehead atoms. The zero-order valence-electron chi connectivity index (χ0n) is 19.2. The van der Waals surface area contributed by atoms with Crippen molar-refractivity contribution in [3.05, 3.63) is 120 Å². The molecule has 0 atom stereocenters. The van der Waals surface area contributed by atoms with Crippen LogP contribution >= 0.6 is 0 Å². The van der Waals surface area contributed by atoms with Crippen LogP contribution in [0.3, 0.4) is 0 Å². The molecular formula is C32H18N4. The summed E-state index contributed by atoms with van der Waals surface area (Å²) in [7, 11) is 0. The molecule has 2 aromatic heterocycles. The van der Waals surface area contributed by atoms with Crippen LogP contribution in [0.4, 0.5) is 0 Å². The number of nitriles is 2. The summed E-state index contributed by atoms with van der Waals surface area (Å²) in [6.07, 6.45) is 0. The number of hydrogen-bond acceptors (Lipinski definition) is 2. The van der Waals surface area contributed by atoms with Crippen molar-refractivity contribution in [2.24, 2.45) is 0 Å². The molecule has 0 N–H and O–H groups in total. The van der Waals surface area contributed by atoms with Gasteiger partial charge < -0.3 is 9.13 Å². The van der Waals surface area contributed by atoms with Crippen molar-refractivity contribution in [3.8, 4) is 23.5 Å². The first-order valence-corrected chi connectivity index (χ1v) is 11.7. The fourth-order valence-corrected chi connectivity index (χ4v) is 5.41. The first-order chi connectivity index (χ1) is 17.8. The molecule has 0 aliphatic rings. The predicted molar refractivity (Wildman–Crippen MR) is 145 cm³/mol. The minimum Gasteiger partial charge on any atom is -0.309 e. The molecule has 0 spiro atoms. The average molecular weight is 459 g/mol. The Kier molecular flexibility index (Phi) is 4.24. The maximum Gasteiger partial charge on any atom is 0.0991 e. The van der Waals surface area contributed by atoms with Gasteiger partial charge in [-0.1, -0.05) is 42.5 Å². The maximum absolute atomic E-state index is 9.50. The molecule has 7 aromatic rings. The van der Waals surface area contributed by atoms with E-state index in [1.165, 1.54) is 10.8 Å². The second-order valence-electron chi connectivity index (χ2n) is 8.91. The summed E-state index contributed by atoms with van der Waals surface area (Å²) in [5, 5.41) is 23.4. The Morgan fingerprint density at radius 3 is 1.33 bits per heavy atom. The Balaban J connectivity index is 1.54. The molecule has 0 aliphatic carbocycles. The topological polar surface area (TPSA) is 57.4 Å². The van der Waals surface area contributed by atoms with E-state index in [-0.39, 0.29) is 0 Å². The van der Waals surface area contributed by atoms with Crippen molar-refractivity contribution in [1.29, 1.82) is 10.5 Å². The Labute approximate surface area is 207 Å². The van der Waals surface area contributed by atoms with Gasteiger partial charge in [0.05, 0.1) is 45.3 Å². The highest BCUT2D eigenvalue weighted by Crippen LogP contribution is 2.36. The quantitative estimate of drug-likeness (QED) is 0.267. The van der Waals surface area contributed by atoms with Crippen LogP contribution in [0.2, 0.25) is 0 Å². The number of benzene rings is 5. The summed E-state index contributed by atoms with van der Waals surface area (Å²) in [4.78, 5) is 0. The van der Waals surface area contributed by atoms with Crippen molar-refractivity contribution in [1.82, 2.24) is 9.13 Å². The third kappa shape index (κ3) is 2.79. The highest BCUT2D eigenvalue weighted by molar-refractivity contribution is 6.11. The molecule has 0 amide bonds. The van der Waals surface area contributed by atoms with Gasteiger partial charge in [0.25, 0.3) is 0 Å². The Morgan fingerprint density at radius 1 is 0.417 bits per heavy atom. The molecule has 36 heavy (non-hydrogen) atoms. The van der Waals surface area contributed by atoms with Gasteiger partial charge >= 0.3 is 0 Å². The number of aromatic nitrogens is 2. The van der Waals surface area contributed by atoms with Crippen molar-refractivity contribution < 1.29 is 0 Å². The van der Waals surface area contributed by atoms with Crippen LogP contribution in [-0.4, -0.2) is 9.13 Å². The Bertz CT molecular complexity index is 1950. The van der Waals surface area contributed by atoms with E-state index in [0.717, 1.165) is 44.2 Å². The van der Waals surface area contributed by atoms with Crippen molar-refractivity contribution in [2.45, 2.75) is 0 Å². The second-order valence-corrected chi connectivity index (χ2v) is 8.91. The smallest absolute Gasteiger partial charge is 0.0991 e. The van der Waals surface area contributed by atoms with E-state index in [9.17, 15) is 10.5 Å². The lowest BCUT2D eigenvalue weighted by molar-refractivity contribution is 1.13. The molecule has 0 saturated carbocycles. The van der Waals surface area contributed by atoms with Gasteiger partial charge in [0.1, 0.15) is 0 Å². The van der Waals surface area contributed by atoms with E-state index in [0.29, 0.717) is 11.1 Å². The molecule has 0 radical (unpaired) electrons. The van der Waals surface area contributed by atoms with E-state index < -0.39 is 0 Å². The Hall–Kier alpha value is -5.32. The number of hydrogen-bond donors (Lipinski definition) is 0. The van der Waals surface area contributed by atoms with E-state index in [4.69, 9.17) is 0 Å². The number of rotatable bonds is 2. The van der Waals surface area contributed by atoms with E-state index >= 15 is 0 Å². The lowest BCUT2D eigenvalue weighted by atomic mass is 10.1. The van der Waals surface area contributed by atoms with Gasteiger partial charge in [-0.05, 0) is 66.7 Å². The van der Waals surface area contributed by atoms with Crippen molar-refractivity contribution >= 4 is 43.6 Å². The predicted octanol–water partition coefficient (Wildman–Crippen LogP) is 7.62. The summed E-state index contributed by atoms with van der Waals surface area (Å²) >= 11 is 0. The van der Waals surface area contributed by atoms with Crippen LogP contribution in [0, 0.1) is 22.7 Å². The third-order valence-electron chi connectivity index (χ3n) is 6.95. The molecule has 0 saturated heterocycles. The van der Waals surface area contributed by atoms with E-state index in [1.54, 1.807) is 0 Å². The summed E-state index contributed by atoms with van der Waals surface area (Å²) in [5.74, 6) is 0. The van der Waals surface area contributed by atoms with Gasteiger partial charge in [-0.25, -0.2) is 0 Å². The van der Waals surface area contributed by atoms with Gasteiger partial charge in [0, 0.05) is 32.9 Å². The SMILES string of the molecule is N#Cc1ccc2c(c1)c1cc(C#N)ccc1n2-c1cccc(-n2c3ccccc3c3ccccc32)c1. The highest BCUT2D eigenvalue weighted by atomic mass is 15.0. The van der Waals surface area contributed by atoms with Gasteiger partial charge in [-0.3, -0.25) is 0 Å². The largest absolute Gasteiger partial charge is 0.309 e. The summed E-state index contributed by atoms with van der Waals surface area (Å²) in [6, 6.07) is 41.5. The zero-order chi connectivity index (χ0) is 24.2. The normalized spacial score (nSPS) is 11.3. The van der Waals surface area contributed by atoms with Crippen molar-refractivity contribution in [2.75, 3.05) is 0 Å². The van der Waals surface area contributed by atoms with E-state index in [2.05, 4.69) is 94.1 Å². The number of nitrogens with zero attached hydrogens (tertiary/aromatic N) is 4. The molecule has 4 nitrogen and oxygen atoms in total. The van der Waals surface area contributed by atoms with Crippen LogP contribution in [0.25, 0.3) is 55.0 Å². The monoisotopic (exact) mass is 458 g/mol. The molecule has 2 heterocycles. The zero-order valence-corrected chi connectivity index (χ0v) is 19.2. The van der Waals surface area contributed by atoms with Gasteiger partial charge in [-0.2, -0.15) is 10.5 Å². The first kappa shape index (κ1) is 20.1. The fraction of sp³-hybridized carbons (Fsp3) is 0. The van der Waals surface area contributed by atoms with Gasteiger partial charge in [0.15, 0.2) is 0 Å². The highest BCUT2D eigenvalue weighted by Gasteiger charge is 2.16. The minimum atomic E-state index is 0.600. The third-order valence-corrected chi connectivity index (χ3v) is 6.95. The molecule has 0 fully saturated rings. The van der Waals surface area contributed by atoms with Crippen LogP contribution in [0.5, 0.6) is 0 Å². The average Bonchev–Trinajstić information content (AvgIpc) is 3.45. The molecule has 166 valence electrons. The van der Waals surface area contributed by atoms with Crippen LogP contribution in [0.1, 0.15) is 11.1 Å². The maximum atomic E-state index is 9.50. The molecule has 5 aromatic carbocycles. The Morgan fingerprint density at radius 2 is 0.861 bits per heavy atom. The first-order valence-electron chi connectivity index (χ1n) is 11.7. The molecule has 4 heteroatoms. The minimum absolute atomic E-state index is 0.600. The van der Waals surface area contributed by atoms with Crippen molar-refractivity contribution in [3.63, 3.8) is 0 Å². The molecule has 7 rings (SSSR count). The number of para-hydroxylation sites is 2. The number of fused-ring (bicyclic) bond motifs is 6. The summed E-state index contributed by atoms with van der Waals surface area (Å²) < 4.78 is 4.52. The van der Waals surface area contributed by atoms with Gasteiger partial charge in [-0.15, -0.1) is 0 Å². The second kappa shape index (κ2) is 7.60. The molecule has 0 aliphatic heterocycles. The van der Waals surface area contributed by atoms with Crippen LogP contribution in [-0.2, 0) is 0 Å². The fourth-order valence-electron chi connectivity index (χ4n) is 5.41. The molecule has 0 unspecified atom stereocenters. The lowest BCUT2D eigenvalue weighted by Gasteiger charge is -2.12. The summed E-state index contributed by atoms with van der Waals surface area (Å²) in [5.41, 5.74) is 7.61. The standard InChI is InChI=1S/C32H18N4/c33-19-21-12-14-31-27(16-21)28-17-22(20-34)13-15-32(28)36(31)24-7-5-6-23(18-24)35-29-10-3-1-8-25(29)26-9-2-4-11-30(26)35/h1-18H.